The van der Waals surface area contributed by atoms with Crippen LogP contribution in [0.1, 0.15) is 19.4 Å². The molecule has 96 valence electrons. The smallest absolute Gasteiger partial charge is 0.239 e. The molecule has 1 aromatic rings. The van der Waals surface area contributed by atoms with Crippen LogP contribution in [0.5, 0.6) is 0 Å². The predicted octanol–water partition coefficient (Wildman–Crippen LogP) is 1.10. The molecule has 3 N–H and O–H groups in total. The van der Waals surface area contributed by atoms with Crippen LogP contribution in [0.2, 0.25) is 0 Å². The highest BCUT2D eigenvalue weighted by molar-refractivity contribution is 5.82. The number of amides is 1. The molecule has 1 aromatic carbocycles. The Morgan fingerprint density at radius 2 is 2.22 bits per heavy atom. The summed E-state index contributed by atoms with van der Waals surface area (Å²) in [5.74, 6) is -0.0555. The summed E-state index contributed by atoms with van der Waals surface area (Å²) in [7, 11) is 0. The van der Waals surface area contributed by atoms with Crippen molar-refractivity contribution in [3.05, 3.63) is 23.8 Å². The Kier molecular flexibility index (Phi) is 5.00. The molecule has 0 atom stereocenters. The van der Waals surface area contributed by atoms with Crippen molar-refractivity contribution in [2.45, 2.75) is 13.8 Å². The first kappa shape index (κ1) is 13.8. The van der Waals surface area contributed by atoms with E-state index in [9.17, 15) is 4.79 Å². The predicted molar refractivity (Wildman–Crippen MR) is 72.1 cm³/mol. The van der Waals surface area contributed by atoms with E-state index in [0.717, 1.165) is 5.69 Å². The third kappa shape index (κ3) is 3.39. The van der Waals surface area contributed by atoms with Crippen molar-refractivity contribution >= 4 is 17.3 Å². The lowest BCUT2D eigenvalue weighted by atomic mass is 10.1. The van der Waals surface area contributed by atoms with Crippen LogP contribution in [0.3, 0.4) is 0 Å². The minimum Gasteiger partial charge on any atom is -0.399 e. The Bertz CT molecular complexity index is 465. The first-order chi connectivity index (χ1) is 8.62. The van der Waals surface area contributed by atoms with E-state index in [1.165, 1.54) is 0 Å². The van der Waals surface area contributed by atoms with Crippen LogP contribution in [-0.2, 0) is 4.79 Å². The highest BCUT2D eigenvalue weighted by Gasteiger charge is 2.13. The number of anilines is 2. The van der Waals surface area contributed by atoms with Gasteiger partial charge >= 0.3 is 0 Å². The summed E-state index contributed by atoms with van der Waals surface area (Å²) in [6, 6.07) is 7.23. The van der Waals surface area contributed by atoms with E-state index in [2.05, 4.69) is 11.4 Å². The lowest BCUT2D eigenvalue weighted by Gasteiger charge is -2.23. The number of nitrogen functional groups attached to an aromatic ring is 1. The number of rotatable bonds is 5. The van der Waals surface area contributed by atoms with Crippen LogP contribution in [0.15, 0.2) is 18.2 Å². The van der Waals surface area contributed by atoms with Gasteiger partial charge in [-0.2, -0.15) is 5.26 Å². The van der Waals surface area contributed by atoms with Gasteiger partial charge in [-0.1, -0.05) is 0 Å². The van der Waals surface area contributed by atoms with E-state index in [1.807, 2.05) is 18.7 Å². The molecule has 1 amide bonds. The number of nitriles is 1. The average Bonchev–Trinajstić information content (AvgIpc) is 2.36. The number of likely N-dealkylation sites (N-methyl/N-ethyl adjacent to an activating group) is 2. The molecule has 0 fully saturated rings. The van der Waals surface area contributed by atoms with Crippen molar-refractivity contribution < 1.29 is 4.79 Å². The Morgan fingerprint density at radius 1 is 1.50 bits per heavy atom. The maximum atomic E-state index is 11.6. The zero-order valence-corrected chi connectivity index (χ0v) is 10.7. The molecule has 0 aliphatic rings. The number of nitrogens with two attached hydrogens (primary N) is 1. The van der Waals surface area contributed by atoms with E-state index >= 15 is 0 Å². The van der Waals surface area contributed by atoms with Crippen molar-refractivity contribution in [2.75, 3.05) is 30.3 Å². The molecule has 0 heterocycles. The molecule has 0 aromatic heterocycles. The SMILES string of the molecule is CCNC(=O)CN(CC)c1ccc(N)cc1C#N. The number of hydrogen-bond acceptors (Lipinski definition) is 4. The van der Waals surface area contributed by atoms with Crippen LogP contribution in [-0.4, -0.2) is 25.5 Å². The van der Waals surface area contributed by atoms with Crippen molar-refractivity contribution in [1.29, 1.82) is 5.26 Å². The van der Waals surface area contributed by atoms with Crippen LogP contribution in [0.4, 0.5) is 11.4 Å². The van der Waals surface area contributed by atoms with Crippen molar-refractivity contribution in [3.63, 3.8) is 0 Å². The maximum Gasteiger partial charge on any atom is 0.239 e. The Balaban J connectivity index is 2.95. The number of hydrogen-bond donors (Lipinski definition) is 2. The highest BCUT2D eigenvalue weighted by atomic mass is 16.2. The number of nitrogens with zero attached hydrogens (tertiary/aromatic N) is 2. The molecule has 5 heteroatoms. The molecule has 5 nitrogen and oxygen atoms in total. The van der Waals surface area contributed by atoms with Crippen molar-refractivity contribution in [3.8, 4) is 6.07 Å². The average molecular weight is 246 g/mol. The molecule has 1 rings (SSSR count). The molecular weight excluding hydrogens is 228 g/mol. The van der Waals surface area contributed by atoms with Gasteiger partial charge in [-0.25, -0.2) is 0 Å². The number of benzene rings is 1. The van der Waals surface area contributed by atoms with E-state index in [-0.39, 0.29) is 12.5 Å². The Hall–Kier alpha value is -2.22. The maximum absolute atomic E-state index is 11.6. The summed E-state index contributed by atoms with van der Waals surface area (Å²) >= 11 is 0. The van der Waals surface area contributed by atoms with Crippen LogP contribution >= 0.6 is 0 Å². The highest BCUT2D eigenvalue weighted by Crippen LogP contribution is 2.22. The Morgan fingerprint density at radius 3 is 2.78 bits per heavy atom. The van der Waals surface area contributed by atoms with E-state index in [4.69, 9.17) is 11.0 Å². The summed E-state index contributed by atoms with van der Waals surface area (Å²) < 4.78 is 0. The van der Waals surface area contributed by atoms with Gasteiger partial charge in [0.05, 0.1) is 17.8 Å². The third-order valence-corrected chi connectivity index (χ3v) is 2.57. The first-order valence-electron chi connectivity index (χ1n) is 5.93. The Labute approximate surface area is 107 Å². The monoisotopic (exact) mass is 246 g/mol. The molecule has 0 aliphatic heterocycles. The van der Waals surface area contributed by atoms with Gasteiger partial charge in [-0.15, -0.1) is 0 Å². The lowest BCUT2D eigenvalue weighted by Crippen LogP contribution is -2.37. The number of nitrogens with one attached hydrogen (secondary N) is 1. The number of carbonyl (C=O) groups is 1. The molecule has 0 spiro atoms. The largest absolute Gasteiger partial charge is 0.399 e. The van der Waals surface area contributed by atoms with Crippen molar-refractivity contribution in [1.82, 2.24) is 5.32 Å². The van der Waals surface area contributed by atoms with Gasteiger partial charge in [-0.3, -0.25) is 4.79 Å². The zero-order chi connectivity index (χ0) is 13.5. The zero-order valence-electron chi connectivity index (χ0n) is 10.7. The van der Waals surface area contributed by atoms with Crippen LogP contribution in [0, 0.1) is 11.3 Å². The summed E-state index contributed by atoms with van der Waals surface area (Å²) in [5, 5.41) is 11.8. The van der Waals surface area contributed by atoms with Crippen LogP contribution < -0.4 is 16.0 Å². The van der Waals surface area contributed by atoms with Gasteiger partial charge in [0.2, 0.25) is 5.91 Å². The summed E-state index contributed by atoms with van der Waals surface area (Å²) in [5.41, 5.74) is 7.41. The molecular formula is C13H18N4O. The topological polar surface area (TPSA) is 82.2 Å². The van der Waals surface area contributed by atoms with Gasteiger partial charge in [0.15, 0.2) is 0 Å². The molecule has 0 radical (unpaired) electrons. The fraction of sp³-hybridized carbons (Fsp3) is 0.385. The summed E-state index contributed by atoms with van der Waals surface area (Å²) in [6.07, 6.45) is 0. The normalized spacial score (nSPS) is 9.61. The minimum atomic E-state index is -0.0555. The standard InChI is InChI=1S/C13H18N4O/c1-3-16-13(18)9-17(4-2)12-6-5-11(15)7-10(12)8-14/h5-7H,3-4,9,15H2,1-2H3,(H,16,18). The third-order valence-electron chi connectivity index (χ3n) is 2.57. The molecule has 0 unspecified atom stereocenters. The van der Waals surface area contributed by atoms with Crippen LogP contribution in [0.25, 0.3) is 0 Å². The summed E-state index contributed by atoms with van der Waals surface area (Å²) in [6.45, 7) is 5.30. The molecule has 18 heavy (non-hydrogen) atoms. The number of carbonyl (C=O) groups excluding carboxylic acids is 1. The second kappa shape index (κ2) is 6.50. The second-order valence-electron chi connectivity index (χ2n) is 3.86. The lowest BCUT2D eigenvalue weighted by molar-refractivity contribution is -0.119. The molecule has 0 saturated carbocycles. The fourth-order valence-electron chi connectivity index (χ4n) is 1.71. The van der Waals surface area contributed by atoms with E-state index < -0.39 is 0 Å². The molecule has 0 bridgehead atoms. The molecule has 0 aliphatic carbocycles. The van der Waals surface area contributed by atoms with E-state index in [0.29, 0.717) is 24.3 Å². The van der Waals surface area contributed by atoms with Gasteiger partial charge in [-0.05, 0) is 32.0 Å². The molecule has 0 saturated heterocycles. The van der Waals surface area contributed by atoms with Gasteiger partial charge in [0, 0.05) is 18.8 Å². The van der Waals surface area contributed by atoms with Gasteiger partial charge < -0.3 is 16.0 Å². The summed E-state index contributed by atoms with van der Waals surface area (Å²) in [4.78, 5) is 13.4. The van der Waals surface area contributed by atoms with E-state index in [1.54, 1.807) is 18.2 Å². The quantitative estimate of drug-likeness (QED) is 0.762. The minimum absolute atomic E-state index is 0.0555. The first-order valence-corrected chi connectivity index (χ1v) is 5.93. The van der Waals surface area contributed by atoms with Gasteiger partial charge in [0.25, 0.3) is 0 Å². The second-order valence-corrected chi connectivity index (χ2v) is 3.86. The van der Waals surface area contributed by atoms with Gasteiger partial charge in [0.1, 0.15) is 6.07 Å². The van der Waals surface area contributed by atoms with Crippen molar-refractivity contribution in [2.24, 2.45) is 0 Å². The fourth-order valence-corrected chi connectivity index (χ4v) is 1.71.